The van der Waals surface area contributed by atoms with Gasteiger partial charge in [0.05, 0.1) is 5.69 Å². The van der Waals surface area contributed by atoms with E-state index in [2.05, 4.69) is 40.8 Å². The van der Waals surface area contributed by atoms with Crippen molar-refractivity contribution in [2.24, 2.45) is 0 Å². The van der Waals surface area contributed by atoms with E-state index < -0.39 is 0 Å². The number of benzene rings is 1. The van der Waals surface area contributed by atoms with E-state index in [1.54, 1.807) is 11.3 Å². The van der Waals surface area contributed by atoms with Crippen LogP contribution in [0.4, 0.5) is 0 Å². The monoisotopic (exact) mass is 333 g/mol. The maximum Gasteiger partial charge on any atom is 0.152 e. The molecule has 0 spiro atoms. The van der Waals surface area contributed by atoms with Crippen molar-refractivity contribution in [1.82, 2.24) is 4.98 Å². The fourth-order valence-electron chi connectivity index (χ4n) is 2.40. The third kappa shape index (κ3) is 2.05. The van der Waals surface area contributed by atoms with Crippen LogP contribution in [0, 0.1) is 13.8 Å². The second kappa shape index (κ2) is 4.62. The lowest BCUT2D eigenvalue weighted by atomic mass is 10.1. The van der Waals surface area contributed by atoms with Gasteiger partial charge in [-0.3, -0.25) is 4.79 Å². The Morgan fingerprint density at radius 1 is 1.26 bits per heavy atom. The largest absolute Gasteiger partial charge is 0.354 e. The topological polar surface area (TPSA) is 32.9 Å². The minimum atomic E-state index is 0.734. The minimum Gasteiger partial charge on any atom is -0.354 e. The summed E-state index contributed by atoms with van der Waals surface area (Å²) in [5, 5.41) is 0.961. The second-order valence-electron chi connectivity index (χ2n) is 4.55. The number of carbonyl (C=O) groups excluding carboxylic acids is 1. The van der Waals surface area contributed by atoms with Gasteiger partial charge in [-0.25, -0.2) is 0 Å². The van der Waals surface area contributed by atoms with Crippen molar-refractivity contribution in [3.63, 3.8) is 0 Å². The number of aromatic amines is 1. The van der Waals surface area contributed by atoms with Gasteiger partial charge in [0.2, 0.25) is 0 Å². The number of aromatic nitrogens is 1. The summed E-state index contributed by atoms with van der Waals surface area (Å²) >= 11 is 5.20. The van der Waals surface area contributed by atoms with E-state index in [0.717, 1.165) is 38.5 Å². The van der Waals surface area contributed by atoms with E-state index in [-0.39, 0.29) is 0 Å². The predicted molar refractivity (Wildman–Crippen MR) is 84.2 cm³/mol. The smallest absolute Gasteiger partial charge is 0.152 e. The number of hydrogen-bond donors (Lipinski definition) is 1. The molecule has 96 valence electrons. The minimum absolute atomic E-state index is 0.734. The first-order valence-electron chi connectivity index (χ1n) is 5.94. The van der Waals surface area contributed by atoms with E-state index in [1.807, 2.05) is 18.2 Å². The zero-order valence-electron chi connectivity index (χ0n) is 10.6. The molecule has 0 bridgehead atoms. The third-order valence-corrected chi connectivity index (χ3v) is 4.69. The first kappa shape index (κ1) is 12.6. The molecule has 0 saturated heterocycles. The van der Waals surface area contributed by atoms with Crippen molar-refractivity contribution in [3.8, 4) is 11.3 Å². The molecule has 19 heavy (non-hydrogen) atoms. The van der Waals surface area contributed by atoms with Crippen LogP contribution in [-0.2, 0) is 0 Å². The number of aldehydes is 1. The maximum atomic E-state index is 11.5. The standard InChI is InChI=1S/C15H12BrNOS/c1-8-5-11(9(2)19-8)15-13(7-18)12-6-10(16)3-4-14(12)17-15/h3-7,17H,1-2H3. The molecule has 2 heterocycles. The van der Waals surface area contributed by atoms with Crippen molar-refractivity contribution >= 4 is 44.5 Å². The molecule has 0 aliphatic heterocycles. The van der Waals surface area contributed by atoms with Crippen LogP contribution in [0.1, 0.15) is 20.1 Å². The van der Waals surface area contributed by atoms with Crippen LogP contribution in [0.3, 0.4) is 0 Å². The Kier molecular flexibility index (Phi) is 3.07. The molecular weight excluding hydrogens is 322 g/mol. The lowest BCUT2D eigenvalue weighted by Crippen LogP contribution is -1.84. The van der Waals surface area contributed by atoms with E-state index in [4.69, 9.17) is 0 Å². The van der Waals surface area contributed by atoms with Crippen LogP contribution < -0.4 is 0 Å². The van der Waals surface area contributed by atoms with Gasteiger partial charge >= 0.3 is 0 Å². The van der Waals surface area contributed by atoms with Crippen molar-refractivity contribution in [2.45, 2.75) is 13.8 Å². The maximum absolute atomic E-state index is 11.5. The fourth-order valence-corrected chi connectivity index (χ4v) is 3.69. The highest BCUT2D eigenvalue weighted by Gasteiger charge is 2.15. The van der Waals surface area contributed by atoms with E-state index >= 15 is 0 Å². The highest BCUT2D eigenvalue weighted by molar-refractivity contribution is 9.10. The van der Waals surface area contributed by atoms with Crippen LogP contribution in [0.5, 0.6) is 0 Å². The molecule has 0 aliphatic carbocycles. The Hall–Kier alpha value is -1.39. The number of aryl methyl sites for hydroxylation is 2. The molecule has 3 aromatic rings. The quantitative estimate of drug-likeness (QED) is 0.651. The number of thiophene rings is 1. The van der Waals surface area contributed by atoms with Crippen molar-refractivity contribution in [2.75, 3.05) is 0 Å². The molecular formula is C15H12BrNOS. The van der Waals surface area contributed by atoms with Gasteiger partial charge in [0, 0.05) is 36.3 Å². The first-order valence-corrected chi connectivity index (χ1v) is 7.55. The molecule has 4 heteroatoms. The molecule has 3 rings (SSSR count). The Morgan fingerprint density at radius 3 is 2.68 bits per heavy atom. The van der Waals surface area contributed by atoms with Gasteiger partial charge in [0.15, 0.2) is 6.29 Å². The molecule has 0 fully saturated rings. The summed E-state index contributed by atoms with van der Waals surface area (Å²) in [5.41, 5.74) is 3.77. The molecule has 1 aromatic carbocycles. The highest BCUT2D eigenvalue weighted by Crippen LogP contribution is 2.35. The SMILES string of the molecule is Cc1cc(-c2[nH]c3ccc(Br)cc3c2C=O)c(C)s1. The number of hydrogen-bond acceptors (Lipinski definition) is 2. The zero-order chi connectivity index (χ0) is 13.6. The van der Waals surface area contributed by atoms with Gasteiger partial charge in [-0.15, -0.1) is 11.3 Å². The summed E-state index contributed by atoms with van der Waals surface area (Å²) in [4.78, 5) is 17.3. The third-order valence-electron chi connectivity index (χ3n) is 3.23. The molecule has 2 nitrogen and oxygen atoms in total. The number of H-pyrrole nitrogens is 1. The first-order chi connectivity index (χ1) is 9.10. The van der Waals surface area contributed by atoms with E-state index in [1.165, 1.54) is 9.75 Å². The summed E-state index contributed by atoms with van der Waals surface area (Å²) in [6.45, 7) is 4.17. The summed E-state index contributed by atoms with van der Waals surface area (Å²) in [6.07, 6.45) is 0.938. The Balaban J connectivity index is 2.35. The van der Waals surface area contributed by atoms with Gasteiger partial charge < -0.3 is 4.98 Å². The molecule has 0 aliphatic rings. The van der Waals surface area contributed by atoms with Crippen LogP contribution in [-0.4, -0.2) is 11.3 Å². The molecule has 0 atom stereocenters. The second-order valence-corrected chi connectivity index (χ2v) is 6.92. The summed E-state index contributed by atoms with van der Waals surface area (Å²) < 4.78 is 0.979. The Morgan fingerprint density at radius 2 is 2.05 bits per heavy atom. The summed E-state index contributed by atoms with van der Waals surface area (Å²) in [7, 11) is 0. The highest BCUT2D eigenvalue weighted by atomic mass is 79.9. The average Bonchev–Trinajstić information content (AvgIpc) is 2.88. The lowest BCUT2D eigenvalue weighted by Gasteiger charge is -1.97. The number of fused-ring (bicyclic) bond motifs is 1. The van der Waals surface area contributed by atoms with Crippen LogP contribution in [0.15, 0.2) is 28.7 Å². The van der Waals surface area contributed by atoms with Crippen LogP contribution in [0.2, 0.25) is 0 Å². The summed E-state index contributed by atoms with van der Waals surface area (Å²) in [5.74, 6) is 0. The molecule has 0 amide bonds. The number of rotatable bonds is 2. The van der Waals surface area contributed by atoms with Gasteiger partial charge in [-0.05, 0) is 38.1 Å². The fraction of sp³-hybridized carbons (Fsp3) is 0.133. The Labute approximate surface area is 123 Å². The van der Waals surface area contributed by atoms with Crippen molar-refractivity contribution in [3.05, 3.63) is 44.1 Å². The zero-order valence-corrected chi connectivity index (χ0v) is 13.0. The molecule has 2 aromatic heterocycles. The van der Waals surface area contributed by atoms with Gasteiger partial charge in [0.1, 0.15) is 0 Å². The van der Waals surface area contributed by atoms with E-state index in [0.29, 0.717) is 0 Å². The van der Waals surface area contributed by atoms with Crippen LogP contribution >= 0.6 is 27.3 Å². The normalized spacial score (nSPS) is 11.1. The average molecular weight is 334 g/mol. The molecule has 0 unspecified atom stereocenters. The molecule has 1 N–H and O–H groups in total. The number of carbonyl (C=O) groups is 1. The van der Waals surface area contributed by atoms with Crippen LogP contribution in [0.25, 0.3) is 22.2 Å². The molecule has 0 saturated carbocycles. The predicted octanol–water partition coefficient (Wildman–Crippen LogP) is 5.09. The number of halogens is 1. The van der Waals surface area contributed by atoms with Crippen molar-refractivity contribution < 1.29 is 4.79 Å². The summed E-state index contributed by atoms with van der Waals surface area (Å²) in [6, 6.07) is 8.08. The number of nitrogens with one attached hydrogen (secondary N) is 1. The van der Waals surface area contributed by atoms with Gasteiger partial charge in [0.25, 0.3) is 0 Å². The van der Waals surface area contributed by atoms with E-state index in [9.17, 15) is 4.79 Å². The lowest BCUT2D eigenvalue weighted by molar-refractivity contribution is 0.112. The molecule has 0 radical (unpaired) electrons. The van der Waals surface area contributed by atoms with Gasteiger partial charge in [-0.2, -0.15) is 0 Å². The van der Waals surface area contributed by atoms with Crippen molar-refractivity contribution in [1.29, 1.82) is 0 Å². The Bertz CT molecular complexity index is 785. The van der Waals surface area contributed by atoms with Gasteiger partial charge in [-0.1, -0.05) is 15.9 Å².